The molecule has 4 aromatic carbocycles. The minimum Gasteiger partial charge on any atom is -0.412 e. The molecule has 1 radical (unpaired) electrons. The molecule has 0 bridgehead atoms. The molecule has 0 amide bonds. The second kappa shape index (κ2) is 20.1. The molecule has 0 unspecified atom stereocenters. The third-order valence-corrected chi connectivity index (χ3v) is 36.7. The summed E-state index contributed by atoms with van der Waals surface area (Å²) in [5.41, 5.74) is 5.61. The van der Waals surface area contributed by atoms with Crippen LogP contribution in [-0.2, 0) is 27.1 Å². The van der Waals surface area contributed by atoms with Crippen molar-refractivity contribution >= 4 is 61.1 Å². The van der Waals surface area contributed by atoms with Crippen molar-refractivity contribution in [1.29, 1.82) is 0 Å². The number of aryl methyl sites for hydroxylation is 4. The monoisotopic (exact) mass is 841 g/mol. The molecule has 0 aliphatic rings. The first-order valence-electron chi connectivity index (χ1n) is 17.1. The fraction of sp³-hybridized carbons (Fsp3) is 0.400. The van der Waals surface area contributed by atoms with Crippen molar-refractivity contribution in [2.24, 2.45) is 0 Å². The molecule has 2 N–H and O–H groups in total. The maximum Gasteiger partial charge on any atom is -0.412 e. The second-order valence-electron chi connectivity index (χ2n) is 12.2. The van der Waals surface area contributed by atoms with Gasteiger partial charge in [-0.1, -0.05) is 0 Å². The summed E-state index contributed by atoms with van der Waals surface area (Å²) in [7, 11) is 8.03. The molecule has 0 spiro atoms. The molecule has 0 saturated heterocycles. The first-order valence-corrected chi connectivity index (χ1v) is 28.8. The standard InChI is InChI=1S/4C10H13.ClH.H2O.O.2Sn/c4*1-2-3-7-10-8-5-4-6-9-10;;;;;/h4*5-6,8-9H,2-3,7H2,1H3;1H;1H2;;;/q;;;;;;;;+1/p-1. The van der Waals surface area contributed by atoms with Crippen molar-refractivity contribution in [3.63, 3.8) is 0 Å². The van der Waals surface area contributed by atoms with Crippen molar-refractivity contribution in [2.75, 3.05) is 0 Å². The van der Waals surface area contributed by atoms with Gasteiger partial charge in [0.15, 0.2) is 0 Å². The van der Waals surface area contributed by atoms with Gasteiger partial charge in [0.2, 0.25) is 0 Å². The quantitative estimate of drug-likeness (QED) is 0.0943. The third-order valence-electron chi connectivity index (χ3n) is 8.60. The van der Waals surface area contributed by atoms with Crippen LogP contribution in [0.2, 0.25) is 0 Å². The summed E-state index contributed by atoms with van der Waals surface area (Å²) in [5.74, 6) is 0. The maximum absolute atomic E-state index is 8.03. The molecule has 5 heteroatoms. The molecule has 0 saturated carbocycles. The van der Waals surface area contributed by atoms with Crippen LogP contribution in [-0.4, -0.2) is 43.3 Å². The van der Waals surface area contributed by atoms with E-state index in [1.807, 2.05) is 0 Å². The van der Waals surface area contributed by atoms with Gasteiger partial charge in [-0.15, -0.1) is 0 Å². The van der Waals surface area contributed by atoms with Gasteiger partial charge in [0.1, 0.15) is 0 Å². The topological polar surface area (TPSA) is 40.7 Å². The minimum atomic E-state index is -4.06. The van der Waals surface area contributed by atoms with E-state index in [2.05, 4.69) is 125 Å². The van der Waals surface area contributed by atoms with Crippen molar-refractivity contribution < 1.29 is 6.89 Å². The van der Waals surface area contributed by atoms with Crippen LogP contribution in [0.3, 0.4) is 0 Å². The summed E-state index contributed by atoms with van der Waals surface area (Å²) < 4.78 is 12.8. The van der Waals surface area contributed by atoms with E-state index in [1.54, 1.807) is 0 Å². The van der Waals surface area contributed by atoms with E-state index in [-0.39, 0.29) is 5.48 Å². The Kier molecular flexibility index (Phi) is 17.1. The molecular weight excluding hydrogens is 785 g/mol. The number of unbranched alkanes of at least 4 members (excludes halogenated alkanes) is 4. The zero-order chi connectivity index (χ0) is 31.2. The van der Waals surface area contributed by atoms with Gasteiger partial charge in [-0.25, -0.2) is 0 Å². The van der Waals surface area contributed by atoms with Crippen LogP contribution in [0.5, 0.6) is 0 Å². The molecule has 4 aromatic rings. The van der Waals surface area contributed by atoms with Crippen molar-refractivity contribution in [1.82, 2.24) is 0 Å². The average Bonchev–Trinajstić information content (AvgIpc) is 3.08. The Morgan fingerprint density at radius 3 is 1.00 bits per heavy atom. The summed E-state index contributed by atoms with van der Waals surface area (Å²) in [6.45, 7) is 9.04. The Labute approximate surface area is 289 Å². The van der Waals surface area contributed by atoms with Crippen molar-refractivity contribution in [3.05, 3.63) is 119 Å². The maximum atomic E-state index is 8.03. The van der Waals surface area contributed by atoms with Gasteiger partial charge >= 0.3 is 287 Å². The Morgan fingerprint density at radius 1 is 0.467 bits per heavy atom. The Morgan fingerprint density at radius 2 is 0.733 bits per heavy atom. The summed E-state index contributed by atoms with van der Waals surface area (Å²) in [5, 5.41) is 0. The predicted octanol–water partition coefficient (Wildman–Crippen LogP) is 7.85. The molecule has 0 atom stereocenters. The van der Waals surface area contributed by atoms with E-state index >= 15 is 0 Å². The Balaban J connectivity index is 0.00000552. The summed E-state index contributed by atoms with van der Waals surface area (Å²) in [6, 6.07) is 37.1. The van der Waals surface area contributed by atoms with Gasteiger partial charge in [-0.3, -0.25) is 0 Å². The van der Waals surface area contributed by atoms with Crippen LogP contribution in [0.4, 0.5) is 0 Å². The van der Waals surface area contributed by atoms with Crippen LogP contribution in [0.1, 0.15) is 101 Å². The van der Waals surface area contributed by atoms with Gasteiger partial charge in [0.05, 0.1) is 0 Å². The SMILES string of the molecule is CCCCc1cc[c]([Sn]([O][Sn]([Cl])([c]2ccc(CCCC)cc2)[c]2ccc(CCCC)cc2)[c]2ccc(CCCC)cc2)cc1.O. The van der Waals surface area contributed by atoms with Gasteiger partial charge in [0, 0.05) is 0 Å². The molecule has 0 aliphatic heterocycles. The second-order valence-corrected chi connectivity index (χ2v) is 32.2. The normalized spacial score (nSPS) is 11.5. The Bertz CT molecular complexity index is 1270. The van der Waals surface area contributed by atoms with Gasteiger partial charge in [-0.05, 0) is 0 Å². The van der Waals surface area contributed by atoms with Crippen molar-refractivity contribution in [3.8, 4) is 0 Å². The van der Waals surface area contributed by atoms with Gasteiger partial charge in [-0.2, -0.15) is 0 Å². The van der Waals surface area contributed by atoms with Crippen LogP contribution in [0.15, 0.2) is 97.1 Å². The van der Waals surface area contributed by atoms with Gasteiger partial charge in [0.25, 0.3) is 0 Å². The summed E-state index contributed by atoms with van der Waals surface area (Å²) >= 11 is -6.95. The van der Waals surface area contributed by atoms with Crippen LogP contribution in [0.25, 0.3) is 0 Å². The van der Waals surface area contributed by atoms with E-state index in [1.165, 1.54) is 87.9 Å². The molecule has 241 valence electrons. The van der Waals surface area contributed by atoms with Crippen LogP contribution >= 0.6 is 8.92 Å². The Hall–Kier alpha value is -1.31. The number of benzene rings is 4. The first kappa shape index (κ1) is 38.1. The average molecular weight is 840 g/mol. The number of rotatable bonds is 18. The molecule has 0 fully saturated rings. The van der Waals surface area contributed by atoms with E-state index in [4.69, 9.17) is 10.3 Å². The minimum absolute atomic E-state index is 0. The zero-order valence-electron chi connectivity index (χ0n) is 28.0. The molecule has 45 heavy (non-hydrogen) atoms. The van der Waals surface area contributed by atoms with Crippen molar-refractivity contribution in [2.45, 2.75) is 105 Å². The van der Waals surface area contributed by atoms with Crippen LogP contribution in [0, 0.1) is 0 Å². The smallest absolute Gasteiger partial charge is 0.412 e. The summed E-state index contributed by atoms with van der Waals surface area (Å²) in [6.07, 6.45) is 14.2. The fourth-order valence-corrected chi connectivity index (χ4v) is 35.4. The van der Waals surface area contributed by atoms with Crippen LogP contribution < -0.4 is 14.3 Å². The summed E-state index contributed by atoms with van der Waals surface area (Å²) in [4.78, 5) is 0. The number of hydrogen-bond donors (Lipinski definition) is 0. The first-order chi connectivity index (χ1) is 21.5. The fourth-order valence-electron chi connectivity index (χ4n) is 5.65. The number of hydrogen-bond acceptors (Lipinski definition) is 1. The molecule has 2 nitrogen and oxygen atoms in total. The zero-order valence-corrected chi connectivity index (χ0v) is 34.5. The molecular formula is C40H54ClO2Sn2. The third kappa shape index (κ3) is 11.1. The predicted molar refractivity (Wildman–Crippen MR) is 201 cm³/mol. The molecule has 0 aliphatic carbocycles. The van der Waals surface area contributed by atoms with E-state index in [9.17, 15) is 0 Å². The van der Waals surface area contributed by atoms with E-state index < -0.39 is 37.8 Å². The van der Waals surface area contributed by atoms with E-state index in [0.29, 0.717) is 0 Å². The van der Waals surface area contributed by atoms with E-state index in [0.717, 1.165) is 25.7 Å². The molecule has 0 heterocycles. The molecule has 0 aromatic heterocycles. The molecule has 4 rings (SSSR count). The number of halogens is 1. The van der Waals surface area contributed by atoms with Gasteiger partial charge < -0.3 is 5.48 Å². The largest absolute Gasteiger partial charge is 0.412 e.